The SMILES string of the molecule is COc1ccc(S(=O)(=O)N2CCC[C@@H](C(=O)NN3C(=O)NC4(CCCCC4)C3=O)C2)cc1. The van der Waals surface area contributed by atoms with Crippen LogP contribution in [-0.4, -0.2) is 61.3 Å². The number of sulfonamides is 1. The average molecular weight is 465 g/mol. The molecule has 0 radical (unpaired) electrons. The van der Waals surface area contributed by atoms with Crippen molar-refractivity contribution in [3.63, 3.8) is 0 Å². The lowest BCUT2D eigenvalue weighted by molar-refractivity contribution is -0.141. The third kappa shape index (κ3) is 4.06. The molecule has 0 aromatic heterocycles. The Bertz CT molecular complexity index is 1000. The van der Waals surface area contributed by atoms with Crippen molar-refractivity contribution in [3.05, 3.63) is 24.3 Å². The van der Waals surface area contributed by atoms with E-state index in [1.54, 1.807) is 12.1 Å². The topological polar surface area (TPSA) is 125 Å². The normalized spacial score (nSPS) is 23.8. The van der Waals surface area contributed by atoms with Crippen molar-refractivity contribution in [1.82, 2.24) is 20.1 Å². The van der Waals surface area contributed by atoms with Gasteiger partial charge in [0.15, 0.2) is 0 Å². The number of nitrogens with one attached hydrogen (secondary N) is 2. The Kier molecular flexibility index (Phi) is 6.13. The molecule has 2 aliphatic heterocycles. The van der Waals surface area contributed by atoms with Gasteiger partial charge < -0.3 is 10.1 Å². The maximum absolute atomic E-state index is 13.0. The number of nitrogens with zero attached hydrogens (tertiary/aromatic N) is 2. The highest BCUT2D eigenvalue weighted by Crippen LogP contribution is 2.33. The van der Waals surface area contributed by atoms with E-state index in [4.69, 9.17) is 4.74 Å². The van der Waals surface area contributed by atoms with Crippen LogP contribution in [0.15, 0.2) is 29.2 Å². The molecule has 2 N–H and O–H groups in total. The first-order valence-corrected chi connectivity index (χ1v) is 12.3. The molecule has 1 aliphatic carbocycles. The second-order valence-corrected chi connectivity index (χ2v) is 10.5. The number of methoxy groups -OCH3 is 1. The maximum Gasteiger partial charge on any atom is 0.344 e. The smallest absolute Gasteiger partial charge is 0.344 e. The predicted molar refractivity (Wildman–Crippen MR) is 114 cm³/mol. The lowest BCUT2D eigenvalue weighted by atomic mass is 9.82. The van der Waals surface area contributed by atoms with E-state index in [0.717, 1.165) is 24.3 Å². The number of hydrogen-bond acceptors (Lipinski definition) is 6. The Balaban J connectivity index is 1.43. The van der Waals surface area contributed by atoms with Gasteiger partial charge in [-0.25, -0.2) is 13.2 Å². The number of urea groups is 1. The van der Waals surface area contributed by atoms with Crippen molar-refractivity contribution < 1.29 is 27.5 Å². The molecule has 4 rings (SSSR count). The number of piperidine rings is 1. The number of carbonyl (C=O) groups excluding carboxylic acids is 3. The molecule has 1 aromatic rings. The molecule has 2 saturated heterocycles. The summed E-state index contributed by atoms with van der Waals surface area (Å²) in [5.41, 5.74) is 1.51. The first-order chi connectivity index (χ1) is 15.3. The van der Waals surface area contributed by atoms with E-state index < -0.39 is 39.3 Å². The molecule has 11 heteroatoms. The predicted octanol–water partition coefficient (Wildman–Crippen LogP) is 1.38. The fourth-order valence-electron chi connectivity index (χ4n) is 4.69. The molecule has 10 nitrogen and oxygen atoms in total. The summed E-state index contributed by atoms with van der Waals surface area (Å²) in [6, 6.07) is 5.44. The fraction of sp³-hybridized carbons (Fsp3) is 0.571. The number of amides is 4. The van der Waals surface area contributed by atoms with Gasteiger partial charge in [-0.3, -0.25) is 15.0 Å². The molecular formula is C21H28N4O6S. The molecule has 0 bridgehead atoms. The molecular weight excluding hydrogens is 436 g/mol. The minimum Gasteiger partial charge on any atom is -0.497 e. The monoisotopic (exact) mass is 464 g/mol. The molecule has 1 aromatic carbocycles. The standard InChI is InChI=1S/C21H28N4O6S/c1-31-16-7-9-17(10-8-16)32(29,30)24-13-5-6-15(14-24)18(26)23-25-19(27)21(22-20(25)28)11-3-2-4-12-21/h7-10,15H,2-6,11-14H2,1H3,(H,22,28)(H,23,26)/t15-/m1/s1. The van der Waals surface area contributed by atoms with Gasteiger partial charge in [0, 0.05) is 13.1 Å². The molecule has 0 unspecified atom stereocenters. The van der Waals surface area contributed by atoms with E-state index in [1.165, 1.54) is 23.5 Å². The van der Waals surface area contributed by atoms with E-state index in [9.17, 15) is 22.8 Å². The van der Waals surface area contributed by atoms with Crippen LogP contribution in [0, 0.1) is 5.92 Å². The van der Waals surface area contributed by atoms with Crippen molar-refractivity contribution in [2.75, 3.05) is 20.2 Å². The van der Waals surface area contributed by atoms with Crippen molar-refractivity contribution in [2.24, 2.45) is 5.92 Å². The number of carbonyl (C=O) groups is 3. The average Bonchev–Trinajstić information content (AvgIpc) is 3.03. The van der Waals surface area contributed by atoms with Crippen LogP contribution in [-0.2, 0) is 19.6 Å². The highest BCUT2D eigenvalue weighted by atomic mass is 32.2. The van der Waals surface area contributed by atoms with Crippen molar-refractivity contribution in [2.45, 2.75) is 55.4 Å². The van der Waals surface area contributed by atoms with Gasteiger partial charge in [0.05, 0.1) is 17.9 Å². The highest BCUT2D eigenvalue weighted by Gasteiger charge is 2.52. The van der Waals surface area contributed by atoms with Crippen molar-refractivity contribution in [1.29, 1.82) is 0 Å². The van der Waals surface area contributed by atoms with Gasteiger partial charge in [-0.15, -0.1) is 0 Å². The summed E-state index contributed by atoms with van der Waals surface area (Å²) in [6.45, 7) is 0.277. The third-order valence-electron chi connectivity index (χ3n) is 6.54. The van der Waals surface area contributed by atoms with E-state index in [2.05, 4.69) is 10.7 Å². The Morgan fingerprint density at radius 3 is 2.47 bits per heavy atom. The lowest BCUT2D eigenvalue weighted by Crippen LogP contribution is -2.53. The van der Waals surface area contributed by atoms with Crippen LogP contribution in [0.3, 0.4) is 0 Å². The van der Waals surface area contributed by atoms with Gasteiger partial charge in [-0.05, 0) is 49.9 Å². The molecule has 2 heterocycles. The Labute approximate surface area is 187 Å². The van der Waals surface area contributed by atoms with Crippen LogP contribution in [0.1, 0.15) is 44.9 Å². The summed E-state index contributed by atoms with van der Waals surface area (Å²) in [5.74, 6) is -1.09. The fourth-order valence-corrected chi connectivity index (χ4v) is 6.21. The second kappa shape index (κ2) is 8.70. The van der Waals surface area contributed by atoms with Crippen LogP contribution < -0.4 is 15.5 Å². The molecule has 32 heavy (non-hydrogen) atoms. The Morgan fingerprint density at radius 2 is 1.81 bits per heavy atom. The maximum atomic E-state index is 13.0. The summed E-state index contributed by atoms with van der Waals surface area (Å²) in [7, 11) is -2.29. The summed E-state index contributed by atoms with van der Waals surface area (Å²) in [5, 5.41) is 3.52. The van der Waals surface area contributed by atoms with E-state index in [0.29, 0.717) is 38.0 Å². The highest BCUT2D eigenvalue weighted by molar-refractivity contribution is 7.89. The van der Waals surface area contributed by atoms with Crippen LogP contribution in [0.5, 0.6) is 5.75 Å². The number of hydrazine groups is 1. The molecule has 3 fully saturated rings. The molecule has 1 spiro atoms. The Morgan fingerprint density at radius 1 is 1.12 bits per heavy atom. The van der Waals surface area contributed by atoms with Crippen molar-refractivity contribution >= 4 is 27.9 Å². The van der Waals surface area contributed by atoms with Crippen LogP contribution >= 0.6 is 0 Å². The van der Waals surface area contributed by atoms with Crippen molar-refractivity contribution in [3.8, 4) is 5.75 Å². The zero-order valence-electron chi connectivity index (χ0n) is 18.0. The summed E-state index contributed by atoms with van der Waals surface area (Å²) in [4.78, 5) is 38.3. The molecule has 3 aliphatic rings. The first kappa shape index (κ1) is 22.5. The number of rotatable bonds is 5. The quantitative estimate of drug-likeness (QED) is 0.635. The number of benzene rings is 1. The van der Waals surface area contributed by atoms with Gasteiger partial charge in [-0.2, -0.15) is 9.31 Å². The van der Waals surface area contributed by atoms with Crippen LogP contribution in [0.2, 0.25) is 0 Å². The van der Waals surface area contributed by atoms with E-state index in [-0.39, 0.29) is 11.4 Å². The van der Waals surface area contributed by atoms with Crippen LogP contribution in [0.25, 0.3) is 0 Å². The number of ether oxygens (including phenoxy) is 1. The second-order valence-electron chi connectivity index (χ2n) is 8.57. The number of imide groups is 1. The largest absolute Gasteiger partial charge is 0.497 e. The number of hydrogen-bond donors (Lipinski definition) is 2. The summed E-state index contributed by atoms with van der Waals surface area (Å²) < 4.78 is 32.4. The summed E-state index contributed by atoms with van der Waals surface area (Å²) in [6.07, 6.45) is 4.77. The minimum atomic E-state index is -3.79. The first-order valence-electron chi connectivity index (χ1n) is 10.9. The molecule has 4 amide bonds. The zero-order chi connectivity index (χ0) is 22.9. The lowest BCUT2D eigenvalue weighted by Gasteiger charge is -2.32. The summed E-state index contributed by atoms with van der Waals surface area (Å²) >= 11 is 0. The van der Waals surface area contributed by atoms with Gasteiger partial charge in [0.2, 0.25) is 15.9 Å². The molecule has 1 saturated carbocycles. The van der Waals surface area contributed by atoms with Gasteiger partial charge in [0.25, 0.3) is 5.91 Å². The van der Waals surface area contributed by atoms with Gasteiger partial charge in [0.1, 0.15) is 11.3 Å². The van der Waals surface area contributed by atoms with Crippen LogP contribution in [0.4, 0.5) is 4.79 Å². The van der Waals surface area contributed by atoms with Gasteiger partial charge >= 0.3 is 6.03 Å². The molecule has 1 atom stereocenters. The molecule has 174 valence electrons. The third-order valence-corrected chi connectivity index (χ3v) is 8.42. The zero-order valence-corrected chi connectivity index (χ0v) is 18.8. The Hall–Kier alpha value is -2.66. The minimum absolute atomic E-state index is 0.0189. The van der Waals surface area contributed by atoms with E-state index >= 15 is 0 Å². The van der Waals surface area contributed by atoms with E-state index in [1.807, 2.05) is 0 Å². The van der Waals surface area contributed by atoms with Gasteiger partial charge in [-0.1, -0.05) is 19.3 Å².